The first-order valence-electron chi connectivity index (χ1n) is 0.183. The van der Waals surface area contributed by atoms with Crippen molar-refractivity contribution in [1.29, 1.82) is 0 Å². The molecule has 0 saturated carbocycles. The van der Waals surface area contributed by atoms with Gasteiger partial charge in [-0.25, -0.2) is 0 Å². The predicted molar refractivity (Wildman–Crippen MR) is 12.2 cm³/mol. The van der Waals surface area contributed by atoms with Gasteiger partial charge in [0.25, 0.3) is 0 Å². The second-order valence-electron chi connectivity index (χ2n) is 0. The summed E-state index contributed by atoms with van der Waals surface area (Å²) in [7, 11) is 0. The van der Waals surface area contributed by atoms with Gasteiger partial charge in [0, 0.05) is 89.7 Å². The number of rotatable bonds is 0. The third-order valence-corrected chi connectivity index (χ3v) is 0. The average Bonchev–Trinajstić information content (AvgIpc) is 1.00. The molecule has 0 amide bonds. The van der Waals surface area contributed by atoms with Gasteiger partial charge in [-0.2, -0.15) is 0 Å². The molecule has 0 N–H and O–H groups in total. The summed E-state index contributed by atoms with van der Waals surface area (Å²) in [5, 5.41) is 0. The first kappa shape index (κ1) is 15.6. The minimum absolute atomic E-state index is 0. The Labute approximate surface area is 114 Å². The van der Waals surface area contributed by atoms with Crippen molar-refractivity contribution in [3.05, 3.63) is 0 Å². The molecule has 0 aromatic rings. The van der Waals surface area contributed by atoms with Crippen molar-refractivity contribution in [2.45, 2.75) is 0 Å². The van der Waals surface area contributed by atoms with Crippen LogP contribution in [0.2, 0.25) is 0 Å². The Bertz CT molecular complexity index is 8.00. The van der Waals surface area contributed by atoms with Crippen LogP contribution in [0.25, 0.3) is 0 Å². The first-order chi connectivity index (χ1) is 1.00. The van der Waals surface area contributed by atoms with Crippen LogP contribution >= 0.6 is 0 Å². The van der Waals surface area contributed by atoms with Crippen LogP contribution in [0.15, 0.2) is 0 Å². The Balaban J connectivity index is -0.00000000500. The van der Waals surface area contributed by atoms with Gasteiger partial charge < -0.3 is 0 Å². The van der Waals surface area contributed by atoms with Crippen molar-refractivity contribution in [3.8, 4) is 0 Å². The standard InChI is InChI=1S/Ba.Bi.Nd.O. The van der Waals surface area contributed by atoms with Crippen LogP contribution in [0.3, 0.4) is 0 Å². The summed E-state index contributed by atoms with van der Waals surface area (Å²) in [5.74, 6) is 0. The third-order valence-electron chi connectivity index (χ3n) is 0. The second kappa shape index (κ2) is 16.0. The predicted octanol–water partition coefficient (Wildman–Crippen LogP) is -0.880. The molecular formula is BaBiNdO. The molecule has 0 aliphatic heterocycles. The van der Waals surface area contributed by atoms with E-state index in [4.69, 9.17) is 2.81 Å². The average molecular weight is 507 g/mol. The summed E-state index contributed by atoms with van der Waals surface area (Å²) < 4.78 is 8.36. The van der Waals surface area contributed by atoms with Gasteiger partial charge in [-0.3, -0.25) is 0 Å². The SMILES string of the molecule is [Ba].[Nd].[O]=[Bi]. The van der Waals surface area contributed by atoms with Crippen LogP contribution < -0.4 is 0 Å². The van der Waals surface area contributed by atoms with Gasteiger partial charge in [0.1, 0.15) is 0 Å². The fourth-order valence-electron chi connectivity index (χ4n) is 0. The van der Waals surface area contributed by atoms with Gasteiger partial charge >= 0.3 is 27.5 Å². The molecule has 0 aliphatic rings. The fraction of sp³-hybridized carbons (Fsp3) is 0. The summed E-state index contributed by atoms with van der Waals surface area (Å²) in [6, 6.07) is 0. The minimum atomic E-state index is 0. The van der Waals surface area contributed by atoms with Crippen LogP contribution in [-0.4, -0.2) is 73.6 Å². The van der Waals surface area contributed by atoms with Crippen molar-refractivity contribution in [1.82, 2.24) is 0 Å². The van der Waals surface area contributed by atoms with Gasteiger partial charge in [-0.15, -0.1) is 0 Å². The molecule has 17 valence electrons. The Hall–Kier alpha value is 3.61. The van der Waals surface area contributed by atoms with E-state index in [9.17, 15) is 0 Å². The molecule has 0 spiro atoms. The maximum absolute atomic E-state index is 8.36. The van der Waals surface area contributed by atoms with Crippen LogP contribution in [-0.2, 0) is 2.81 Å². The molecule has 3 radical (unpaired) electrons. The van der Waals surface area contributed by atoms with E-state index in [2.05, 4.69) is 0 Å². The topological polar surface area (TPSA) is 17.1 Å². The summed E-state index contributed by atoms with van der Waals surface area (Å²) in [5.41, 5.74) is 0. The zero-order valence-electron chi connectivity index (χ0n) is 2.06. The van der Waals surface area contributed by atoms with Gasteiger partial charge in [-0.1, -0.05) is 0 Å². The molecule has 0 aromatic carbocycles. The van der Waals surface area contributed by atoms with E-state index in [0.29, 0.717) is 0 Å². The molecule has 4 heteroatoms. The normalized spacial score (nSPS) is 1.00. The van der Waals surface area contributed by atoms with Gasteiger partial charge in [-0.05, 0) is 0 Å². The van der Waals surface area contributed by atoms with Crippen LogP contribution in [0.1, 0.15) is 0 Å². The molecule has 0 rings (SSSR count). The van der Waals surface area contributed by atoms with E-state index in [1.54, 1.807) is 0 Å². The van der Waals surface area contributed by atoms with E-state index < -0.39 is 0 Å². The first-order valence-corrected chi connectivity index (χ1v) is 1.60. The van der Waals surface area contributed by atoms with Crippen molar-refractivity contribution in [3.63, 3.8) is 0 Å². The molecule has 0 unspecified atom stereocenters. The maximum atomic E-state index is 8.36. The number of hydrogen-bond acceptors (Lipinski definition) is 1. The molecule has 1 nitrogen and oxygen atoms in total. The van der Waals surface area contributed by atoms with Crippen LogP contribution in [0.4, 0.5) is 0 Å². The Kier molecular flexibility index (Phi) is 62.5. The monoisotopic (exact) mass is 505 g/mol. The molecule has 0 saturated heterocycles. The Morgan fingerprint density at radius 2 is 1.25 bits per heavy atom. The van der Waals surface area contributed by atoms with E-state index in [1.807, 2.05) is 0 Å². The zero-order chi connectivity index (χ0) is 2.00. The van der Waals surface area contributed by atoms with Gasteiger partial charge in [0.2, 0.25) is 0 Å². The molecular weight excluding hydrogens is 507 g/mol. The van der Waals surface area contributed by atoms with E-state index in [-0.39, 0.29) is 114 Å². The Morgan fingerprint density at radius 3 is 1.25 bits per heavy atom. The van der Waals surface area contributed by atoms with Crippen molar-refractivity contribution >= 4 is 73.6 Å². The molecule has 0 aliphatic carbocycles. The third kappa shape index (κ3) is 9.15. The van der Waals surface area contributed by atoms with E-state index in [0.717, 1.165) is 0 Å². The molecule has 4 heavy (non-hydrogen) atoms. The van der Waals surface area contributed by atoms with Gasteiger partial charge in [0.05, 0.1) is 0 Å². The molecule has 0 bridgehead atoms. The van der Waals surface area contributed by atoms with Crippen molar-refractivity contribution in [2.24, 2.45) is 0 Å². The number of hydrogen-bond donors (Lipinski definition) is 0. The zero-order valence-corrected chi connectivity index (χ0v) is 13.2. The van der Waals surface area contributed by atoms with Gasteiger partial charge in [0.15, 0.2) is 0 Å². The van der Waals surface area contributed by atoms with E-state index >= 15 is 0 Å². The summed E-state index contributed by atoms with van der Waals surface area (Å²) in [4.78, 5) is 0. The quantitative estimate of drug-likeness (QED) is 0.390. The van der Waals surface area contributed by atoms with Crippen LogP contribution in [0.5, 0.6) is 0 Å². The fourth-order valence-corrected chi connectivity index (χ4v) is 0. The van der Waals surface area contributed by atoms with Crippen molar-refractivity contribution in [2.75, 3.05) is 0 Å². The molecule has 0 aromatic heterocycles. The Morgan fingerprint density at radius 1 is 1.25 bits per heavy atom. The summed E-state index contributed by atoms with van der Waals surface area (Å²) in [6.45, 7) is 0. The molecule has 0 heterocycles. The summed E-state index contributed by atoms with van der Waals surface area (Å²) in [6.07, 6.45) is 0. The second-order valence-corrected chi connectivity index (χ2v) is 0. The molecule has 0 fully saturated rings. The van der Waals surface area contributed by atoms with Crippen molar-refractivity contribution < 1.29 is 43.7 Å². The van der Waals surface area contributed by atoms with Crippen LogP contribution in [0, 0.1) is 40.8 Å². The molecule has 0 atom stereocenters. The summed E-state index contributed by atoms with van der Waals surface area (Å²) >= 11 is 0.194. The van der Waals surface area contributed by atoms with E-state index in [1.165, 1.54) is 0 Å².